The molecule has 0 saturated carbocycles. The summed E-state index contributed by atoms with van der Waals surface area (Å²) in [6.07, 6.45) is 3.83. The number of carbonyl (C=O) groups excluding carboxylic acids is 1. The van der Waals surface area contributed by atoms with Crippen LogP contribution in [0.15, 0.2) is 53.6 Å². The zero-order valence-corrected chi connectivity index (χ0v) is 12.8. The van der Waals surface area contributed by atoms with Gasteiger partial charge in [0, 0.05) is 28.0 Å². The van der Waals surface area contributed by atoms with Crippen LogP contribution in [0.1, 0.15) is 11.1 Å². The van der Waals surface area contributed by atoms with Gasteiger partial charge in [-0.15, -0.1) is 11.8 Å². The molecule has 1 heterocycles. The van der Waals surface area contributed by atoms with Crippen LogP contribution in [0.3, 0.4) is 0 Å². The lowest BCUT2D eigenvalue weighted by Crippen LogP contribution is -2.05. The first-order chi connectivity index (χ1) is 10.2. The van der Waals surface area contributed by atoms with Crippen molar-refractivity contribution < 1.29 is 4.79 Å². The van der Waals surface area contributed by atoms with E-state index in [1.807, 2.05) is 43.5 Å². The van der Waals surface area contributed by atoms with Crippen molar-refractivity contribution in [3.05, 3.63) is 59.8 Å². The fourth-order valence-electron chi connectivity index (χ4n) is 2.41. The fourth-order valence-corrected chi connectivity index (χ4v) is 2.82. The highest BCUT2D eigenvalue weighted by atomic mass is 32.2. The molecule has 2 N–H and O–H groups in total. The highest BCUT2D eigenvalue weighted by Gasteiger charge is 2.25. The van der Waals surface area contributed by atoms with Crippen molar-refractivity contribution in [2.75, 3.05) is 16.9 Å². The summed E-state index contributed by atoms with van der Waals surface area (Å²) in [7, 11) is 0. The largest absolute Gasteiger partial charge is 0.361 e. The summed E-state index contributed by atoms with van der Waals surface area (Å²) in [6.45, 7) is 2.01. The Morgan fingerprint density at radius 3 is 2.62 bits per heavy atom. The number of hydrogen-bond acceptors (Lipinski definition) is 3. The minimum absolute atomic E-state index is 0.0625. The molecule has 4 heteroatoms. The minimum Gasteiger partial charge on any atom is -0.361 e. The normalized spacial score (nSPS) is 15.0. The van der Waals surface area contributed by atoms with Gasteiger partial charge in [-0.2, -0.15) is 0 Å². The van der Waals surface area contributed by atoms with Crippen LogP contribution >= 0.6 is 11.8 Å². The van der Waals surface area contributed by atoms with Crippen LogP contribution in [0.5, 0.6) is 0 Å². The first-order valence-corrected chi connectivity index (χ1v) is 7.93. The summed E-state index contributed by atoms with van der Waals surface area (Å²) in [5.74, 6) is -0.0625. The van der Waals surface area contributed by atoms with Crippen LogP contribution in [0, 0.1) is 6.92 Å². The Bertz CT molecular complexity index is 720. The average molecular weight is 296 g/mol. The summed E-state index contributed by atoms with van der Waals surface area (Å²) in [6, 6.07) is 14.0. The molecule has 1 amide bonds. The van der Waals surface area contributed by atoms with Gasteiger partial charge in [0.05, 0.1) is 5.57 Å². The monoisotopic (exact) mass is 296 g/mol. The standard InChI is InChI=1S/C17H16N2OS/c1-11-4-3-5-15-16(11)14(17(20)19-15)10-18-12-6-8-13(21-2)9-7-12/h3-10,18H,1-2H3,(H,19,20). The SMILES string of the molecule is CSc1ccc(NC=C2C(=O)Nc3cccc(C)c32)cc1. The lowest BCUT2D eigenvalue weighted by atomic mass is 10.0. The predicted octanol–water partition coefficient (Wildman–Crippen LogP) is 4.12. The Kier molecular flexibility index (Phi) is 3.71. The number of benzene rings is 2. The lowest BCUT2D eigenvalue weighted by molar-refractivity contribution is -0.110. The molecule has 0 radical (unpaired) electrons. The Hall–Kier alpha value is -2.20. The highest BCUT2D eigenvalue weighted by molar-refractivity contribution is 7.98. The summed E-state index contributed by atoms with van der Waals surface area (Å²) >= 11 is 1.71. The molecule has 2 aromatic rings. The van der Waals surface area contributed by atoms with Gasteiger partial charge in [0.25, 0.3) is 5.91 Å². The Morgan fingerprint density at radius 1 is 1.14 bits per heavy atom. The molecule has 0 bridgehead atoms. The van der Waals surface area contributed by atoms with E-state index in [2.05, 4.69) is 22.8 Å². The van der Waals surface area contributed by atoms with Crippen LogP contribution < -0.4 is 10.6 Å². The van der Waals surface area contributed by atoms with E-state index in [1.54, 1.807) is 18.0 Å². The van der Waals surface area contributed by atoms with E-state index >= 15 is 0 Å². The van der Waals surface area contributed by atoms with Crippen molar-refractivity contribution in [2.45, 2.75) is 11.8 Å². The van der Waals surface area contributed by atoms with Crippen LogP contribution in [-0.2, 0) is 4.79 Å². The molecule has 0 unspecified atom stereocenters. The van der Waals surface area contributed by atoms with E-state index in [-0.39, 0.29) is 5.91 Å². The summed E-state index contributed by atoms with van der Waals surface area (Å²) in [5.41, 5.74) is 4.60. The molecule has 0 saturated heterocycles. The van der Waals surface area contributed by atoms with Gasteiger partial charge in [-0.25, -0.2) is 0 Å². The number of rotatable bonds is 3. The molecule has 2 aromatic carbocycles. The minimum atomic E-state index is -0.0625. The number of thioether (sulfide) groups is 1. The predicted molar refractivity (Wildman–Crippen MR) is 89.6 cm³/mol. The van der Waals surface area contributed by atoms with Crippen LogP contribution in [-0.4, -0.2) is 12.2 Å². The molecule has 106 valence electrons. The number of hydrogen-bond donors (Lipinski definition) is 2. The number of carbonyl (C=O) groups is 1. The molecule has 0 atom stereocenters. The van der Waals surface area contributed by atoms with Crippen molar-refractivity contribution in [1.82, 2.24) is 0 Å². The number of fused-ring (bicyclic) bond motifs is 1. The fraction of sp³-hybridized carbons (Fsp3) is 0.118. The smallest absolute Gasteiger partial charge is 0.257 e. The van der Waals surface area contributed by atoms with Gasteiger partial charge in [-0.1, -0.05) is 12.1 Å². The summed E-state index contributed by atoms with van der Waals surface area (Å²) in [4.78, 5) is 13.3. The molecule has 3 nitrogen and oxygen atoms in total. The second-order valence-corrected chi connectivity index (χ2v) is 5.76. The second-order valence-electron chi connectivity index (χ2n) is 4.88. The maximum absolute atomic E-state index is 12.1. The van der Waals surface area contributed by atoms with Gasteiger partial charge in [0.15, 0.2) is 0 Å². The van der Waals surface area contributed by atoms with Crippen LogP contribution in [0.2, 0.25) is 0 Å². The van der Waals surface area contributed by atoms with Gasteiger partial charge in [-0.05, 0) is 49.1 Å². The Balaban J connectivity index is 1.88. The van der Waals surface area contributed by atoms with Gasteiger partial charge in [-0.3, -0.25) is 4.79 Å². The number of aryl methyl sites for hydroxylation is 1. The van der Waals surface area contributed by atoms with E-state index in [1.165, 1.54) is 4.90 Å². The quantitative estimate of drug-likeness (QED) is 0.661. The zero-order valence-electron chi connectivity index (χ0n) is 11.9. The third-order valence-corrected chi connectivity index (χ3v) is 4.25. The van der Waals surface area contributed by atoms with E-state index in [4.69, 9.17) is 0 Å². The summed E-state index contributed by atoms with van der Waals surface area (Å²) < 4.78 is 0. The highest BCUT2D eigenvalue weighted by Crippen LogP contribution is 2.34. The van der Waals surface area contributed by atoms with Gasteiger partial charge < -0.3 is 10.6 Å². The first-order valence-electron chi connectivity index (χ1n) is 6.71. The molecule has 1 aliphatic heterocycles. The van der Waals surface area contributed by atoms with E-state index in [0.717, 1.165) is 22.5 Å². The van der Waals surface area contributed by atoms with Crippen molar-refractivity contribution in [3.63, 3.8) is 0 Å². The van der Waals surface area contributed by atoms with E-state index < -0.39 is 0 Å². The number of amides is 1. The third-order valence-electron chi connectivity index (χ3n) is 3.51. The zero-order chi connectivity index (χ0) is 14.8. The number of anilines is 2. The maximum Gasteiger partial charge on any atom is 0.257 e. The molecular formula is C17H16N2OS. The Labute approximate surface area is 128 Å². The molecule has 0 spiro atoms. The molecule has 0 aromatic heterocycles. The lowest BCUT2D eigenvalue weighted by Gasteiger charge is -2.05. The van der Waals surface area contributed by atoms with Crippen molar-refractivity contribution in [1.29, 1.82) is 0 Å². The molecule has 3 rings (SSSR count). The molecule has 0 fully saturated rings. The molecule has 1 aliphatic rings. The van der Waals surface area contributed by atoms with Gasteiger partial charge >= 0.3 is 0 Å². The molecular weight excluding hydrogens is 280 g/mol. The number of nitrogens with one attached hydrogen (secondary N) is 2. The molecule has 21 heavy (non-hydrogen) atoms. The van der Waals surface area contributed by atoms with Crippen LogP contribution in [0.4, 0.5) is 11.4 Å². The summed E-state index contributed by atoms with van der Waals surface area (Å²) in [5, 5.41) is 6.10. The third kappa shape index (κ3) is 2.67. The maximum atomic E-state index is 12.1. The first kappa shape index (κ1) is 13.8. The second kappa shape index (κ2) is 5.66. The van der Waals surface area contributed by atoms with Crippen LogP contribution in [0.25, 0.3) is 5.57 Å². The molecule has 0 aliphatic carbocycles. The van der Waals surface area contributed by atoms with Crippen molar-refractivity contribution in [2.24, 2.45) is 0 Å². The topological polar surface area (TPSA) is 41.1 Å². The van der Waals surface area contributed by atoms with Gasteiger partial charge in [0.1, 0.15) is 0 Å². The van der Waals surface area contributed by atoms with Gasteiger partial charge in [0.2, 0.25) is 0 Å². The Morgan fingerprint density at radius 2 is 1.90 bits per heavy atom. The average Bonchev–Trinajstić information content (AvgIpc) is 2.82. The van der Waals surface area contributed by atoms with E-state index in [0.29, 0.717) is 5.57 Å². The van der Waals surface area contributed by atoms with Crippen molar-refractivity contribution in [3.8, 4) is 0 Å². The van der Waals surface area contributed by atoms with Crippen molar-refractivity contribution >= 4 is 34.6 Å². The van der Waals surface area contributed by atoms with E-state index in [9.17, 15) is 4.79 Å².